The minimum absolute atomic E-state index is 0.0903. The Hall–Kier alpha value is -0.345. The van der Waals surface area contributed by atoms with E-state index in [0.29, 0.717) is 0 Å². The lowest BCUT2D eigenvalue weighted by Gasteiger charge is -2.22. The molecule has 3 atom stereocenters. The first-order valence-corrected chi connectivity index (χ1v) is 3.45. The largest absolute Gasteiger partial charge is 0.393 e. The Morgan fingerprint density at radius 1 is 1.82 bits per heavy atom. The van der Waals surface area contributed by atoms with Gasteiger partial charge in [0.15, 0.2) is 5.67 Å². The molecule has 60 valence electrons. The van der Waals surface area contributed by atoms with E-state index in [1.807, 2.05) is 0 Å². The van der Waals surface area contributed by atoms with Crippen LogP contribution in [0.5, 0.6) is 0 Å². The third-order valence-corrected chi connectivity index (χ3v) is 2.22. The van der Waals surface area contributed by atoms with Gasteiger partial charge in [-0.3, -0.25) is 0 Å². The van der Waals surface area contributed by atoms with E-state index in [2.05, 4.69) is 6.58 Å². The highest BCUT2D eigenvalue weighted by molar-refractivity contribution is 6.14. The summed E-state index contributed by atoms with van der Waals surface area (Å²) >= 11 is 0. The molecule has 0 aromatic rings. The van der Waals surface area contributed by atoms with Gasteiger partial charge >= 0.3 is 0 Å². The molecular weight excluding hydrogens is 146 g/mol. The third kappa shape index (κ3) is 1.10. The van der Waals surface area contributed by atoms with Gasteiger partial charge in [0.25, 0.3) is 0 Å². The van der Waals surface area contributed by atoms with Crippen LogP contribution in [0.25, 0.3) is 0 Å². The van der Waals surface area contributed by atoms with E-state index in [9.17, 15) is 4.39 Å². The van der Waals surface area contributed by atoms with E-state index >= 15 is 0 Å². The molecule has 0 aromatic heterocycles. The predicted molar refractivity (Wildman–Crippen MR) is 40.2 cm³/mol. The molecule has 0 aliphatic heterocycles. The van der Waals surface area contributed by atoms with E-state index < -0.39 is 24.2 Å². The lowest BCUT2D eigenvalue weighted by atomic mass is 9.81. The van der Waals surface area contributed by atoms with Crippen LogP contribution >= 0.6 is 0 Å². The van der Waals surface area contributed by atoms with E-state index in [4.69, 9.17) is 18.1 Å². The molecule has 1 aliphatic carbocycles. The fraction of sp³-hybridized carbons (Fsp3) is 0.714. The van der Waals surface area contributed by atoms with Crippen molar-refractivity contribution in [3.63, 3.8) is 0 Å². The smallest absolute Gasteiger partial charge is 0.179 e. The van der Waals surface area contributed by atoms with Crippen LogP contribution in [0.2, 0.25) is 5.82 Å². The quantitative estimate of drug-likeness (QED) is 0.413. The number of aliphatic hydroxyl groups excluding tert-OH is 2. The minimum Gasteiger partial charge on any atom is -0.393 e. The molecule has 2 nitrogen and oxygen atoms in total. The second-order valence-electron chi connectivity index (χ2n) is 2.90. The number of rotatable bonds is 1. The summed E-state index contributed by atoms with van der Waals surface area (Å²) in [6, 6.07) is 0. The molecule has 0 unspecified atom stereocenters. The molecule has 0 bridgehead atoms. The van der Waals surface area contributed by atoms with Crippen molar-refractivity contribution in [2.75, 3.05) is 6.61 Å². The van der Waals surface area contributed by atoms with Crippen molar-refractivity contribution in [3.05, 3.63) is 12.2 Å². The van der Waals surface area contributed by atoms with Gasteiger partial charge in [0.05, 0.1) is 20.6 Å². The van der Waals surface area contributed by atoms with Gasteiger partial charge in [-0.15, -0.1) is 0 Å². The fourth-order valence-electron chi connectivity index (χ4n) is 1.30. The Kier molecular flexibility index (Phi) is 2.07. The molecule has 1 rings (SSSR count). The van der Waals surface area contributed by atoms with Crippen molar-refractivity contribution in [1.29, 1.82) is 0 Å². The number of alkyl halides is 1. The molecule has 1 saturated carbocycles. The van der Waals surface area contributed by atoms with Crippen LogP contribution in [-0.4, -0.2) is 36.4 Å². The predicted octanol–water partition coefficient (Wildman–Crippen LogP) is -0.0352. The summed E-state index contributed by atoms with van der Waals surface area (Å²) < 4.78 is 13.4. The molecule has 0 aromatic carbocycles. The normalized spacial score (nSPS) is 44.8. The molecule has 0 amide bonds. The highest BCUT2D eigenvalue weighted by Gasteiger charge is 2.48. The zero-order valence-corrected chi connectivity index (χ0v) is 6.13. The molecule has 1 aliphatic rings. The lowest BCUT2D eigenvalue weighted by Crippen LogP contribution is -2.37. The maximum atomic E-state index is 13.4. The van der Waals surface area contributed by atoms with Gasteiger partial charge in [0.1, 0.15) is 0 Å². The third-order valence-electron chi connectivity index (χ3n) is 2.22. The Bertz CT molecular complexity index is 185. The van der Waals surface area contributed by atoms with E-state index in [0.717, 1.165) is 0 Å². The zero-order chi connectivity index (χ0) is 8.65. The average Bonchev–Trinajstić information content (AvgIpc) is 2.16. The maximum Gasteiger partial charge on any atom is 0.179 e. The summed E-state index contributed by atoms with van der Waals surface area (Å²) in [5.74, 6) is -0.540. The van der Waals surface area contributed by atoms with Crippen molar-refractivity contribution < 1.29 is 14.6 Å². The highest BCUT2D eigenvalue weighted by Crippen LogP contribution is 2.43. The molecule has 0 saturated heterocycles. The fourth-order valence-corrected chi connectivity index (χ4v) is 1.30. The molecule has 2 N–H and O–H groups in total. The molecule has 4 heteroatoms. The van der Waals surface area contributed by atoms with Crippen LogP contribution in [-0.2, 0) is 0 Å². The van der Waals surface area contributed by atoms with E-state index in [1.165, 1.54) is 0 Å². The molecular formula is C7H10BFO2. The van der Waals surface area contributed by atoms with Crippen molar-refractivity contribution in [3.8, 4) is 0 Å². The number of aliphatic hydroxyl groups is 2. The van der Waals surface area contributed by atoms with Gasteiger partial charge in [-0.1, -0.05) is 12.4 Å². The van der Waals surface area contributed by atoms with E-state index in [1.54, 1.807) is 0 Å². The van der Waals surface area contributed by atoms with Crippen LogP contribution in [0.4, 0.5) is 4.39 Å². The van der Waals surface area contributed by atoms with Gasteiger partial charge in [-0.25, -0.2) is 4.39 Å². The van der Waals surface area contributed by atoms with Crippen LogP contribution in [0.15, 0.2) is 12.2 Å². The Balaban J connectivity index is 2.87. The van der Waals surface area contributed by atoms with Gasteiger partial charge < -0.3 is 10.2 Å². The Morgan fingerprint density at radius 3 is 2.55 bits per heavy atom. The van der Waals surface area contributed by atoms with Crippen molar-refractivity contribution in [1.82, 2.24) is 0 Å². The second kappa shape index (κ2) is 2.61. The Morgan fingerprint density at radius 2 is 2.36 bits per heavy atom. The maximum absolute atomic E-state index is 13.4. The first-order chi connectivity index (χ1) is 5.02. The summed E-state index contributed by atoms with van der Waals surface area (Å²) in [5, 5.41) is 17.7. The van der Waals surface area contributed by atoms with Gasteiger partial charge in [0, 0.05) is 0 Å². The lowest BCUT2D eigenvalue weighted by molar-refractivity contribution is -0.00206. The monoisotopic (exact) mass is 156 g/mol. The molecule has 11 heavy (non-hydrogen) atoms. The summed E-state index contributed by atoms with van der Waals surface area (Å²) in [5.41, 5.74) is -1.99. The van der Waals surface area contributed by atoms with Crippen molar-refractivity contribution in [2.24, 2.45) is 0 Å². The van der Waals surface area contributed by atoms with Gasteiger partial charge in [-0.2, -0.15) is 0 Å². The highest BCUT2D eigenvalue weighted by atomic mass is 19.1. The molecule has 2 radical (unpaired) electrons. The number of halogens is 1. The Labute approximate surface area is 66.1 Å². The average molecular weight is 156 g/mol. The van der Waals surface area contributed by atoms with Crippen LogP contribution < -0.4 is 0 Å². The number of hydrogen-bond donors (Lipinski definition) is 2. The first-order valence-electron chi connectivity index (χ1n) is 3.45. The second-order valence-corrected chi connectivity index (χ2v) is 2.90. The SMILES string of the molecule is [B][C@H]1C[C@@H](O)[C@@](F)(CO)C1=C. The first kappa shape index (κ1) is 8.75. The number of hydrogen-bond acceptors (Lipinski definition) is 2. The van der Waals surface area contributed by atoms with Crippen molar-refractivity contribution >= 4 is 7.85 Å². The van der Waals surface area contributed by atoms with E-state index in [-0.39, 0.29) is 12.0 Å². The summed E-state index contributed by atoms with van der Waals surface area (Å²) in [6.45, 7) is 2.64. The minimum atomic E-state index is -2.08. The standard InChI is InChI=1S/C7H10BFO2/c1-4-5(8)2-6(11)7(4,9)3-10/h5-6,10-11H,1-3H2/t5-,6+,7+/m0/s1. The summed E-state index contributed by atoms with van der Waals surface area (Å²) in [6.07, 6.45) is -1.08. The van der Waals surface area contributed by atoms with Crippen LogP contribution in [0.1, 0.15) is 6.42 Å². The molecule has 0 heterocycles. The van der Waals surface area contributed by atoms with Gasteiger partial charge in [0.2, 0.25) is 0 Å². The van der Waals surface area contributed by atoms with Gasteiger partial charge in [-0.05, 0) is 12.0 Å². The topological polar surface area (TPSA) is 40.5 Å². The molecule has 1 fully saturated rings. The zero-order valence-electron chi connectivity index (χ0n) is 6.13. The van der Waals surface area contributed by atoms with Crippen LogP contribution in [0, 0.1) is 0 Å². The molecule has 0 spiro atoms. The van der Waals surface area contributed by atoms with Crippen molar-refractivity contribution in [2.45, 2.75) is 24.0 Å². The summed E-state index contributed by atoms with van der Waals surface area (Å²) in [4.78, 5) is 0. The van der Waals surface area contributed by atoms with Crippen LogP contribution in [0.3, 0.4) is 0 Å². The summed E-state index contributed by atoms with van der Waals surface area (Å²) in [7, 11) is 5.41.